The zero-order valence-electron chi connectivity index (χ0n) is 13.6. The number of anilines is 1. The number of aromatic nitrogens is 1. The Balaban J connectivity index is 1.69. The fraction of sp³-hybridized carbons (Fsp3) is 0.300. The van der Waals surface area contributed by atoms with E-state index in [4.69, 9.17) is 6.42 Å². The summed E-state index contributed by atoms with van der Waals surface area (Å²) in [5.74, 6) is 3.14. The van der Waals surface area contributed by atoms with E-state index in [2.05, 4.69) is 45.4 Å². The molecule has 1 aliphatic heterocycles. The first-order valence-electron chi connectivity index (χ1n) is 8.26. The van der Waals surface area contributed by atoms with Crippen molar-refractivity contribution in [1.82, 2.24) is 10.3 Å². The number of rotatable bonds is 5. The lowest BCUT2D eigenvalue weighted by Gasteiger charge is -2.26. The molecule has 0 bridgehead atoms. The first-order valence-corrected chi connectivity index (χ1v) is 8.26. The summed E-state index contributed by atoms with van der Waals surface area (Å²) >= 11 is 0. The number of nitrogens with zero attached hydrogens (tertiary/aromatic N) is 2. The van der Waals surface area contributed by atoms with Crippen molar-refractivity contribution in [3.63, 3.8) is 0 Å². The van der Waals surface area contributed by atoms with Crippen molar-refractivity contribution >= 4 is 11.7 Å². The Morgan fingerprint density at radius 2 is 2.12 bits per heavy atom. The van der Waals surface area contributed by atoms with Crippen molar-refractivity contribution < 1.29 is 4.79 Å². The number of hydrogen-bond donors (Lipinski definition) is 1. The van der Waals surface area contributed by atoms with E-state index < -0.39 is 0 Å². The fourth-order valence-corrected chi connectivity index (χ4v) is 3.16. The van der Waals surface area contributed by atoms with Crippen LogP contribution >= 0.6 is 0 Å². The topological polar surface area (TPSA) is 45.2 Å². The predicted molar refractivity (Wildman–Crippen MR) is 95.9 cm³/mol. The van der Waals surface area contributed by atoms with Gasteiger partial charge < -0.3 is 10.2 Å². The van der Waals surface area contributed by atoms with Gasteiger partial charge in [0, 0.05) is 18.8 Å². The summed E-state index contributed by atoms with van der Waals surface area (Å²) in [5, 5.41) is 2.65. The lowest BCUT2D eigenvalue weighted by atomic mass is 10.0. The monoisotopic (exact) mass is 319 g/mol. The molecule has 1 atom stereocenters. The highest BCUT2D eigenvalue weighted by Gasteiger charge is 2.25. The van der Waals surface area contributed by atoms with Crippen LogP contribution in [0.25, 0.3) is 0 Å². The summed E-state index contributed by atoms with van der Waals surface area (Å²) in [6.45, 7) is 1.24. The van der Waals surface area contributed by atoms with Gasteiger partial charge in [0.1, 0.15) is 5.82 Å². The summed E-state index contributed by atoms with van der Waals surface area (Å²) in [6, 6.07) is 14.7. The van der Waals surface area contributed by atoms with E-state index in [1.54, 1.807) is 6.20 Å². The molecule has 0 radical (unpaired) electrons. The maximum absolute atomic E-state index is 11.9. The van der Waals surface area contributed by atoms with E-state index in [9.17, 15) is 4.79 Å². The molecule has 2 aromatic rings. The summed E-state index contributed by atoms with van der Waals surface area (Å²) in [6.07, 6.45) is 10.1. The smallest absolute Gasteiger partial charge is 0.253 e. The van der Waals surface area contributed by atoms with Crippen molar-refractivity contribution in [1.29, 1.82) is 0 Å². The molecule has 122 valence electrons. The summed E-state index contributed by atoms with van der Waals surface area (Å²) < 4.78 is 0. The molecule has 1 saturated heterocycles. The lowest BCUT2D eigenvalue weighted by molar-refractivity contribution is 0.0958. The van der Waals surface area contributed by atoms with Crippen LogP contribution in [0.15, 0.2) is 48.7 Å². The Hall–Kier alpha value is -2.80. The lowest BCUT2D eigenvalue weighted by Crippen LogP contribution is -2.32. The van der Waals surface area contributed by atoms with Gasteiger partial charge in [-0.15, -0.1) is 6.42 Å². The third kappa shape index (κ3) is 3.75. The van der Waals surface area contributed by atoms with E-state index in [1.807, 2.05) is 18.2 Å². The first-order chi connectivity index (χ1) is 11.8. The molecule has 1 N–H and O–H groups in total. The zero-order valence-corrected chi connectivity index (χ0v) is 13.6. The second-order valence-electron chi connectivity index (χ2n) is 5.97. The van der Waals surface area contributed by atoms with Gasteiger partial charge in [-0.3, -0.25) is 4.79 Å². The minimum atomic E-state index is -0.186. The number of pyridine rings is 1. The van der Waals surface area contributed by atoms with E-state index in [1.165, 1.54) is 18.4 Å². The predicted octanol–water partition coefficient (Wildman–Crippen LogP) is 2.66. The van der Waals surface area contributed by atoms with E-state index >= 15 is 0 Å². The highest BCUT2D eigenvalue weighted by atomic mass is 16.1. The van der Waals surface area contributed by atoms with Gasteiger partial charge in [-0.1, -0.05) is 36.3 Å². The average molecular weight is 319 g/mol. The summed E-state index contributed by atoms with van der Waals surface area (Å²) in [5.41, 5.74) is 1.88. The van der Waals surface area contributed by atoms with Gasteiger partial charge in [0.15, 0.2) is 0 Å². The van der Waals surface area contributed by atoms with Gasteiger partial charge in [-0.25, -0.2) is 4.98 Å². The van der Waals surface area contributed by atoms with Crippen LogP contribution in [-0.2, 0) is 6.42 Å². The van der Waals surface area contributed by atoms with Crippen LogP contribution in [0.5, 0.6) is 0 Å². The Labute approximate surface area is 142 Å². The first kappa shape index (κ1) is 16.1. The van der Waals surface area contributed by atoms with Crippen LogP contribution in [-0.4, -0.2) is 30.0 Å². The quantitative estimate of drug-likeness (QED) is 0.862. The van der Waals surface area contributed by atoms with Crippen LogP contribution < -0.4 is 10.2 Å². The van der Waals surface area contributed by atoms with Crippen LogP contribution in [0.1, 0.15) is 28.8 Å². The van der Waals surface area contributed by atoms with Crippen LogP contribution in [0.4, 0.5) is 5.82 Å². The molecular weight excluding hydrogens is 298 g/mol. The molecule has 4 heteroatoms. The van der Waals surface area contributed by atoms with Crippen LogP contribution in [0.2, 0.25) is 0 Å². The maximum Gasteiger partial charge on any atom is 0.253 e. The molecule has 2 heterocycles. The van der Waals surface area contributed by atoms with E-state index in [0.717, 1.165) is 18.8 Å². The van der Waals surface area contributed by atoms with Gasteiger partial charge in [0.25, 0.3) is 5.91 Å². The largest absolute Gasteiger partial charge is 0.353 e. The molecule has 3 rings (SSSR count). The molecule has 4 nitrogen and oxygen atoms in total. The van der Waals surface area contributed by atoms with Gasteiger partial charge in [0.2, 0.25) is 0 Å². The number of amides is 1. The molecule has 24 heavy (non-hydrogen) atoms. The second kappa shape index (κ2) is 7.65. The van der Waals surface area contributed by atoms with Crippen LogP contribution in [0.3, 0.4) is 0 Å². The third-order valence-electron chi connectivity index (χ3n) is 4.35. The number of carbonyl (C=O) groups is 1. The number of nitrogens with one attached hydrogen (secondary N) is 1. The number of hydrogen-bond acceptors (Lipinski definition) is 3. The number of carbonyl (C=O) groups excluding carboxylic acids is 1. The highest BCUT2D eigenvalue weighted by molar-refractivity contribution is 5.94. The van der Waals surface area contributed by atoms with Crippen LogP contribution in [0, 0.1) is 12.3 Å². The van der Waals surface area contributed by atoms with Gasteiger partial charge in [-0.2, -0.15) is 0 Å². The zero-order chi connectivity index (χ0) is 16.8. The summed E-state index contributed by atoms with van der Waals surface area (Å²) in [4.78, 5) is 18.7. The molecular formula is C20H21N3O. The minimum absolute atomic E-state index is 0.186. The Morgan fingerprint density at radius 3 is 2.83 bits per heavy atom. The third-order valence-corrected chi connectivity index (χ3v) is 4.35. The van der Waals surface area contributed by atoms with E-state index in [0.29, 0.717) is 11.6 Å². The number of terminal acetylenes is 1. The molecule has 1 fully saturated rings. The Bertz CT molecular complexity index is 719. The molecule has 0 saturated carbocycles. The van der Waals surface area contributed by atoms with Crippen molar-refractivity contribution in [3.8, 4) is 12.3 Å². The average Bonchev–Trinajstić information content (AvgIpc) is 3.09. The number of benzene rings is 1. The Morgan fingerprint density at radius 1 is 1.29 bits per heavy atom. The maximum atomic E-state index is 11.9. The highest BCUT2D eigenvalue weighted by Crippen LogP contribution is 2.26. The van der Waals surface area contributed by atoms with Crippen molar-refractivity contribution in [2.45, 2.75) is 25.3 Å². The molecule has 1 aliphatic rings. The fourth-order valence-electron chi connectivity index (χ4n) is 3.16. The van der Waals surface area contributed by atoms with Crippen molar-refractivity contribution in [2.24, 2.45) is 0 Å². The van der Waals surface area contributed by atoms with E-state index in [-0.39, 0.29) is 12.5 Å². The molecule has 0 spiro atoms. The normalized spacial score (nSPS) is 16.6. The minimum Gasteiger partial charge on any atom is -0.353 e. The standard InChI is InChI=1S/C20H21N3O/c1-2-12-21-20(24)17-10-11-19(22-15-17)23-13-6-9-18(23)14-16-7-4-3-5-8-16/h1,3-5,7-8,10-11,15,18H,6,9,12-14H2,(H,21,24). The summed E-state index contributed by atoms with van der Waals surface area (Å²) in [7, 11) is 0. The second-order valence-corrected chi connectivity index (χ2v) is 5.97. The molecule has 1 amide bonds. The molecule has 0 aliphatic carbocycles. The van der Waals surface area contributed by atoms with Crippen molar-refractivity contribution in [3.05, 3.63) is 59.8 Å². The van der Waals surface area contributed by atoms with Gasteiger partial charge >= 0.3 is 0 Å². The van der Waals surface area contributed by atoms with Gasteiger partial charge in [-0.05, 0) is 37.0 Å². The molecule has 1 aromatic carbocycles. The molecule has 1 aromatic heterocycles. The Kier molecular flexibility index (Phi) is 5.12. The SMILES string of the molecule is C#CCNC(=O)c1ccc(N2CCCC2Cc2ccccc2)nc1. The molecule has 1 unspecified atom stereocenters. The van der Waals surface area contributed by atoms with Crippen molar-refractivity contribution in [2.75, 3.05) is 18.0 Å². The van der Waals surface area contributed by atoms with Gasteiger partial charge in [0.05, 0.1) is 12.1 Å².